The van der Waals surface area contributed by atoms with Crippen LogP contribution < -0.4 is 0 Å². The van der Waals surface area contributed by atoms with Crippen LogP contribution >= 0.6 is 0 Å². The molecule has 2 amide bonds. The molecule has 0 aromatic carbocycles. The minimum Gasteiger partial charge on any atom is -0.371 e. The normalized spacial score (nSPS) is 28.0. The first kappa shape index (κ1) is 14.8. The topological polar surface area (TPSA) is 49.9 Å². The Morgan fingerprint density at radius 3 is 2.81 bits per heavy atom. The van der Waals surface area contributed by atoms with Gasteiger partial charge in [-0.15, -0.1) is 0 Å². The first-order chi connectivity index (χ1) is 10.1. The second-order valence-corrected chi connectivity index (χ2v) is 6.53. The van der Waals surface area contributed by atoms with Crippen LogP contribution in [0.1, 0.15) is 32.1 Å². The number of amides is 2. The molecule has 0 aliphatic carbocycles. The molecule has 0 unspecified atom stereocenters. The van der Waals surface area contributed by atoms with E-state index in [1.165, 1.54) is 0 Å². The summed E-state index contributed by atoms with van der Waals surface area (Å²) >= 11 is 0. The van der Waals surface area contributed by atoms with Crippen molar-refractivity contribution in [3.8, 4) is 0 Å². The summed E-state index contributed by atoms with van der Waals surface area (Å²) in [6.45, 7) is 2.96. The third-order valence-corrected chi connectivity index (χ3v) is 4.90. The maximum atomic E-state index is 12.2. The van der Waals surface area contributed by atoms with Crippen molar-refractivity contribution in [2.45, 2.75) is 37.7 Å². The molecule has 6 heteroatoms. The molecule has 118 valence electrons. The number of halogens is 1. The molecular formula is C15H23FN2O3. The SMILES string of the molecule is O=C1CCCN1C[C@H]1CCC2(CN(C(=O)CCF)C2)OC1. The van der Waals surface area contributed by atoms with Gasteiger partial charge in [0.25, 0.3) is 0 Å². The van der Waals surface area contributed by atoms with Crippen LogP contribution in [0.15, 0.2) is 0 Å². The molecule has 1 atom stereocenters. The lowest BCUT2D eigenvalue weighted by Gasteiger charge is -2.53. The van der Waals surface area contributed by atoms with E-state index >= 15 is 0 Å². The third kappa shape index (κ3) is 3.05. The molecule has 0 aromatic heterocycles. The van der Waals surface area contributed by atoms with E-state index in [1.54, 1.807) is 4.90 Å². The Bertz CT molecular complexity index is 413. The van der Waals surface area contributed by atoms with Gasteiger partial charge in [-0.2, -0.15) is 0 Å². The van der Waals surface area contributed by atoms with Gasteiger partial charge in [0.1, 0.15) is 5.60 Å². The summed E-state index contributed by atoms with van der Waals surface area (Å²) < 4.78 is 18.2. The van der Waals surface area contributed by atoms with Crippen molar-refractivity contribution >= 4 is 11.8 Å². The largest absolute Gasteiger partial charge is 0.371 e. The van der Waals surface area contributed by atoms with E-state index in [-0.39, 0.29) is 23.8 Å². The highest BCUT2D eigenvalue weighted by molar-refractivity contribution is 5.78. The van der Waals surface area contributed by atoms with Crippen molar-refractivity contribution < 1.29 is 18.7 Å². The summed E-state index contributed by atoms with van der Waals surface area (Å²) in [5, 5.41) is 0. The van der Waals surface area contributed by atoms with Gasteiger partial charge in [-0.3, -0.25) is 14.0 Å². The Labute approximate surface area is 124 Å². The van der Waals surface area contributed by atoms with E-state index in [4.69, 9.17) is 4.74 Å². The lowest BCUT2D eigenvalue weighted by molar-refractivity contribution is -0.190. The van der Waals surface area contributed by atoms with Crippen molar-refractivity contribution in [2.75, 3.05) is 39.5 Å². The average molecular weight is 298 g/mol. The Kier molecular flexibility index (Phi) is 4.15. The van der Waals surface area contributed by atoms with Crippen LogP contribution in [0.3, 0.4) is 0 Å². The Morgan fingerprint density at radius 1 is 1.43 bits per heavy atom. The van der Waals surface area contributed by atoms with Crippen LogP contribution in [-0.4, -0.2) is 66.7 Å². The Balaban J connectivity index is 1.42. The van der Waals surface area contributed by atoms with Gasteiger partial charge >= 0.3 is 0 Å². The van der Waals surface area contributed by atoms with E-state index < -0.39 is 6.67 Å². The average Bonchev–Trinajstić information content (AvgIpc) is 2.83. The molecule has 3 heterocycles. The fourth-order valence-corrected chi connectivity index (χ4v) is 3.58. The van der Waals surface area contributed by atoms with Crippen LogP contribution in [0.4, 0.5) is 4.39 Å². The standard InChI is InChI=1S/C15H23FN2O3/c16-6-4-14(20)18-10-15(11-18)5-3-12(9-21-15)8-17-7-1-2-13(17)19/h12H,1-11H2/t12-/m1/s1. The highest BCUT2D eigenvalue weighted by atomic mass is 19.1. The van der Waals surface area contributed by atoms with Crippen molar-refractivity contribution in [1.82, 2.24) is 9.80 Å². The predicted molar refractivity (Wildman–Crippen MR) is 74.4 cm³/mol. The summed E-state index contributed by atoms with van der Waals surface area (Å²) in [5.74, 6) is 0.562. The van der Waals surface area contributed by atoms with E-state index in [9.17, 15) is 14.0 Å². The summed E-state index contributed by atoms with van der Waals surface area (Å²) in [6, 6.07) is 0. The summed E-state index contributed by atoms with van der Waals surface area (Å²) in [4.78, 5) is 26.8. The van der Waals surface area contributed by atoms with Crippen LogP contribution in [0.5, 0.6) is 0 Å². The zero-order valence-corrected chi connectivity index (χ0v) is 12.4. The Morgan fingerprint density at radius 2 is 2.24 bits per heavy atom. The fraction of sp³-hybridized carbons (Fsp3) is 0.867. The summed E-state index contributed by atoms with van der Waals surface area (Å²) in [5.41, 5.74) is -0.197. The highest BCUT2D eigenvalue weighted by Crippen LogP contribution is 2.36. The Hall–Kier alpha value is -1.17. The van der Waals surface area contributed by atoms with Crippen molar-refractivity contribution in [3.05, 3.63) is 0 Å². The zero-order chi connectivity index (χ0) is 14.9. The number of alkyl halides is 1. The molecule has 21 heavy (non-hydrogen) atoms. The number of rotatable bonds is 4. The smallest absolute Gasteiger partial charge is 0.225 e. The van der Waals surface area contributed by atoms with Crippen LogP contribution in [0, 0.1) is 5.92 Å². The quantitative estimate of drug-likeness (QED) is 0.777. The number of carbonyl (C=O) groups is 2. The number of hydrogen-bond donors (Lipinski definition) is 0. The molecule has 3 saturated heterocycles. The number of likely N-dealkylation sites (tertiary alicyclic amines) is 2. The lowest BCUT2D eigenvalue weighted by Crippen LogP contribution is -2.66. The molecule has 0 bridgehead atoms. The van der Waals surface area contributed by atoms with E-state index in [1.807, 2.05) is 4.90 Å². The molecule has 3 fully saturated rings. The van der Waals surface area contributed by atoms with Gasteiger partial charge < -0.3 is 14.5 Å². The second kappa shape index (κ2) is 5.91. The van der Waals surface area contributed by atoms with Crippen LogP contribution in [0.25, 0.3) is 0 Å². The van der Waals surface area contributed by atoms with Crippen molar-refractivity contribution in [3.63, 3.8) is 0 Å². The summed E-state index contributed by atoms with van der Waals surface area (Å²) in [6.07, 6.45) is 3.61. The summed E-state index contributed by atoms with van der Waals surface area (Å²) in [7, 11) is 0. The monoisotopic (exact) mass is 298 g/mol. The first-order valence-corrected chi connectivity index (χ1v) is 7.87. The van der Waals surface area contributed by atoms with Gasteiger partial charge in [-0.05, 0) is 19.3 Å². The van der Waals surface area contributed by atoms with Gasteiger partial charge in [-0.25, -0.2) is 0 Å². The molecule has 5 nitrogen and oxygen atoms in total. The van der Waals surface area contributed by atoms with Crippen LogP contribution in [0.2, 0.25) is 0 Å². The number of ether oxygens (including phenoxy) is 1. The molecule has 1 spiro atoms. The number of carbonyl (C=O) groups excluding carboxylic acids is 2. The molecule has 3 aliphatic heterocycles. The zero-order valence-electron chi connectivity index (χ0n) is 12.4. The second-order valence-electron chi connectivity index (χ2n) is 6.53. The number of nitrogens with zero attached hydrogens (tertiary/aromatic N) is 2. The minimum absolute atomic E-state index is 0.0181. The number of hydrogen-bond acceptors (Lipinski definition) is 3. The molecule has 0 radical (unpaired) electrons. The van der Waals surface area contributed by atoms with E-state index in [0.29, 0.717) is 32.0 Å². The molecule has 0 saturated carbocycles. The van der Waals surface area contributed by atoms with Gasteiger partial charge in [0.2, 0.25) is 11.8 Å². The van der Waals surface area contributed by atoms with Gasteiger partial charge in [0.05, 0.1) is 32.8 Å². The highest BCUT2D eigenvalue weighted by Gasteiger charge is 2.48. The lowest BCUT2D eigenvalue weighted by atomic mass is 9.82. The minimum atomic E-state index is -0.588. The van der Waals surface area contributed by atoms with Crippen LogP contribution in [-0.2, 0) is 14.3 Å². The molecular weight excluding hydrogens is 275 g/mol. The van der Waals surface area contributed by atoms with Crippen molar-refractivity contribution in [2.24, 2.45) is 5.92 Å². The van der Waals surface area contributed by atoms with E-state index in [0.717, 1.165) is 32.4 Å². The van der Waals surface area contributed by atoms with Gasteiger partial charge in [-0.1, -0.05) is 0 Å². The molecule has 3 rings (SSSR count). The molecule has 0 aromatic rings. The molecule has 0 N–H and O–H groups in total. The fourth-order valence-electron chi connectivity index (χ4n) is 3.58. The van der Waals surface area contributed by atoms with Gasteiger partial charge in [0, 0.05) is 25.4 Å². The van der Waals surface area contributed by atoms with Crippen molar-refractivity contribution in [1.29, 1.82) is 0 Å². The first-order valence-electron chi connectivity index (χ1n) is 7.87. The third-order valence-electron chi connectivity index (χ3n) is 4.90. The molecule has 3 aliphatic rings. The van der Waals surface area contributed by atoms with E-state index in [2.05, 4.69) is 0 Å². The predicted octanol–water partition coefficient (Wildman–Crippen LogP) is 0.976. The maximum absolute atomic E-state index is 12.2. The maximum Gasteiger partial charge on any atom is 0.225 e. The van der Waals surface area contributed by atoms with Gasteiger partial charge in [0.15, 0.2) is 0 Å².